The van der Waals surface area contributed by atoms with Crippen molar-refractivity contribution in [1.82, 2.24) is 0 Å². The summed E-state index contributed by atoms with van der Waals surface area (Å²) >= 11 is 0. The van der Waals surface area contributed by atoms with Gasteiger partial charge in [-0.05, 0) is 12.8 Å². The van der Waals surface area contributed by atoms with Crippen LogP contribution in [0.4, 0.5) is 0 Å². The van der Waals surface area contributed by atoms with E-state index in [2.05, 4.69) is 0 Å². The maximum atomic E-state index is 10.7. The highest BCUT2D eigenvalue weighted by Gasteiger charge is 1.99. The molecule has 0 rings (SSSR count). The molecule has 0 aromatic carbocycles. The monoisotopic (exact) mass is 156 g/mol. The van der Waals surface area contributed by atoms with Crippen molar-refractivity contribution >= 4 is 12.1 Å². The minimum atomic E-state index is -0.321. The smallest absolute Gasteiger partial charge is 0.198 e. The van der Waals surface area contributed by atoms with Gasteiger partial charge >= 0.3 is 0 Å². The standard InChI is InChI=1S/C8H12O3/c9-6-3-1-2-4-8(11)5-7-10/h1-5,7H2. The predicted octanol–water partition coefficient (Wildman–Crippen LogP) is 1.05. The van der Waals surface area contributed by atoms with Crippen LogP contribution < -0.4 is 0 Å². The van der Waals surface area contributed by atoms with Crippen molar-refractivity contribution < 1.29 is 14.7 Å². The van der Waals surface area contributed by atoms with Gasteiger partial charge in [0.25, 0.3) is 0 Å². The summed E-state index contributed by atoms with van der Waals surface area (Å²) in [7, 11) is 0. The van der Waals surface area contributed by atoms with Crippen LogP contribution in [0.25, 0.3) is 0 Å². The first-order valence-corrected chi connectivity index (χ1v) is 3.76. The topological polar surface area (TPSA) is 54.0 Å². The molecule has 0 bridgehead atoms. The first kappa shape index (κ1) is 10.3. The Labute approximate surface area is 66.4 Å². The van der Waals surface area contributed by atoms with Crippen molar-refractivity contribution in [3.63, 3.8) is 0 Å². The summed E-state index contributed by atoms with van der Waals surface area (Å²) in [6, 6.07) is 0. The van der Waals surface area contributed by atoms with Crippen LogP contribution in [0.5, 0.6) is 0 Å². The van der Waals surface area contributed by atoms with Crippen LogP contribution >= 0.6 is 0 Å². The predicted molar refractivity (Wildman–Crippen MR) is 39.3 cm³/mol. The summed E-state index contributed by atoms with van der Waals surface area (Å²) in [5.41, 5.74) is 0. The zero-order valence-corrected chi connectivity index (χ0v) is 6.47. The van der Waals surface area contributed by atoms with Crippen molar-refractivity contribution in [2.24, 2.45) is 0 Å². The van der Waals surface area contributed by atoms with E-state index < -0.39 is 0 Å². The van der Waals surface area contributed by atoms with Crippen LogP contribution in [0.1, 0.15) is 32.1 Å². The average molecular weight is 156 g/mol. The Morgan fingerprint density at radius 2 is 1.91 bits per heavy atom. The van der Waals surface area contributed by atoms with Gasteiger partial charge in [0.05, 0.1) is 6.61 Å². The molecule has 0 spiro atoms. The molecule has 0 atom stereocenters. The third-order valence-corrected chi connectivity index (χ3v) is 1.37. The van der Waals surface area contributed by atoms with Crippen LogP contribution in [0.15, 0.2) is 0 Å². The second-order valence-corrected chi connectivity index (χ2v) is 2.34. The van der Waals surface area contributed by atoms with Crippen LogP contribution in [0, 0.1) is 0 Å². The number of carbonyl (C=O) groups excluding carboxylic acids is 2. The van der Waals surface area contributed by atoms with Crippen LogP contribution in [0.3, 0.4) is 0 Å². The van der Waals surface area contributed by atoms with Crippen molar-refractivity contribution in [2.75, 3.05) is 6.61 Å². The SMILES string of the molecule is [O]CCC(=O)CCCC[C]=O. The van der Waals surface area contributed by atoms with Gasteiger partial charge in [-0.25, -0.2) is 5.11 Å². The lowest BCUT2D eigenvalue weighted by molar-refractivity contribution is -0.120. The van der Waals surface area contributed by atoms with E-state index in [0.29, 0.717) is 25.7 Å². The number of unbranched alkanes of at least 4 members (excludes halogenated alkanes) is 2. The molecule has 0 aliphatic carbocycles. The Bertz CT molecular complexity index is 121. The Hall–Kier alpha value is -0.700. The molecule has 0 aliphatic rings. The molecule has 0 N–H and O–H groups in total. The summed E-state index contributed by atoms with van der Waals surface area (Å²) in [4.78, 5) is 20.4. The molecule has 0 unspecified atom stereocenters. The third kappa shape index (κ3) is 7.19. The number of hydrogen-bond donors (Lipinski definition) is 0. The summed E-state index contributed by atoms with van der Waals surface area (Å²) in [6.45, 7) is -0.321. The fourth-order valence-corrected chi connectivity index (χ4v) is 0.758. The fourth-order valence-electron chi connectivity index (χ4n) is 0.758. The number of carbonyl (C=O) groups is 1. The van der Waals surface area contributed by atoms with Crippen molar-refractivity contribution in [2.45, 2.75) is 32.1 Å². The maximum absolute atomic E-state index is 10.7. The number of rotatable bonds is 7. The number of ketones is 1. The molecule has 0 aliphatic heterocycles. The van der Waals surface area contributed by atoms with Crippen LogP contribution in [0.2, 0.25) is 0 Å². The summed E-state index contributed by atoms with van der Waals surface area (Å²) in [6.07, 6.45) is 4.11. The van der Waals surface area contributed by atoms with E-state index in [0.717, 1.165) is 0 Å². The van der Waals surface area contributed by atoms with Gasteiger partial charge in [0.2, 0.25) is 0 Å². The minimum Gasteiger partial charge on any atom is -0.300 e. The molecule has 3 heteroatoms. The van der Waals surface area contributed by atoms with Gasteiger partial charge < -0.3 is 0 Å². The summed E-state index contributed by atoms with van der Waals surface area (Å²) in [5.74, 6) is 0.00546. The molecule has 62 valence electrons. The highest BCUT2D eigenvalue weighted by molar-refractivity contribution is 5.78. The molecule has 3 nitrogen and oxygen atoms in total. The molecular weight excluding hydrogens is 144 g/mol. The molecule has 11 heavy (non-hydrogen) atoms. The van der Waals surface area contributed by atoms with Gasteiger partial charge in [-0.3, -0.25) is 9.59 Å². The minimum absolute atomic E-state index is 0.00546. The van der Waals surface area contributed by atoms with Gasteiger partial charge in [-0.15, -0.1) is 0 Å². The van der Waals surface area contributed by atoms with Gasteiger partial charge in [0.1, 0.15) is 5.78 Å². The largest absolute Gasteiger partial charge is 0.300 e. The van der Waals surface area contributed by atoms with Gasteiger partial charge in [-0.1, -0.05) is 0 Å². The Kier molecular flexibility index (Phi) is 6.94. The Morgan fingerprint density at radius 3 is 2.45 bits per heavy atom. The van der Waals surface area contributed by atoms with E-state index in [1.54, 1.807) is 6.29 Å². The lowest BCUT2D eigenvalue weighted by Gasteiger charge is -1.94. The summed E-state index contributed by atoms with van der Waals surface area (Å²) in [5, 5.41) is 9.95. The first-order valence-electron chi connectivity index (χ1n) is 3.76. The van der Waals surface area contributed by atoms with E-state index >= 15 is 0 Å². The van der Waals surface area contributed by atoms with Gasteiger partial charge in [0, 0.05) is 19.3 Å². The molecule has 0 saturated heterocycles. The quantitative estimate of drug-likeness (QED) is 0.517. The van der Waals surface area contributed by atoms with Crippen LogP contribution in [-0.2, 0) is 14.7 Å². The molecule has 0 aromatic heterocycles. The molecule has 0 aromatic rings. The fraction of sp³-hybridized carbons (Fsp3) is 0.750. The molecule has 0 fully saturated rings. The third-order valence-electron chi connectivity index (χ3n) is 1.37. The highest BCUT2D eigenvalue weighted by atomic mass is 16.3. The van der Waals surface area contributed by atoms with Gasteiger partial charge in [-0.2, -0.15) is 0 Å². The number of hydrogen-bond acceptors (Lipinski definition) is 2. The molecule has 0 amide bonds. The number of Topliss-reactive ketones (excluding diaryl/α,β-unsaturated/α-hetero) is 1. The molecular formula is C8H12O3. The van der Waals surface area contributed by atoms with Crippen molar-refractivity contribution in [1.29, 1.82) is 0 Å². The highest BCUT2D eigenvalue weighted by Crippen LogP contribution is 2.00. The van der Waals surface area contributed by atoms with E-state index in [9.17, 15) is 14.7 Å². The zero-order valence-electron chi connectivity index (χ0n) is 6.47. The zero-order chi connectivity index (χ0) is 8.53. The average Bonchev–Trinajstić information content (AvgIpc) is 1.99. The Morgan fingerprint density at radius 1 is 1.18 bits per heavy atom. The first-order chi connectivity index (χ1) is 5.31. The molecule has 2 radical (unpaired) electrons. The second kappa shape index (κ2) is 7.41. The lowest BCUT2D eigenvalue weighted by atomic mass is 10.1. The molecule has 0 heterocycles. The van der Waals surface area contributed by atoms with E-state index in [4.69, 9.17) is 0 Å². The van der Waals surface area contributed by atoms with Crippen molar-refractivity contribution in [3.05, 3.63) is 0 Å². The normalized spacial score (nSPS) is 9.55. The van der Waals surface area contributed by atoms with Crippen LogP contribution in [-0.4, -0.2) is 18.7 Å². The van der Waals surface area contributed by atoms with E-state index in [1.165, 1.54) is 0 Å². The van der Waals surface area contributed by atoms with E-state index in [-0.39, 0.29) is 18.8 Å². The Balaban J connectivity index is 3.10. The molecule has 0 saturated carbocycles. The maximum Gasteiger partial charge on any atom is 0.198 e. The van der Waals surface area contributed by atoms with Crippen molar-refractivity contribution in [3.8, 4) is 0 Å². The second-order valence-electron chi connectivity index (χ2n) is 2.34. The van der Waals surface area contributed by atoms with E-state index in [1.807, 2.05) is 0 Å². The summed E-state index contributed by atoms with van der Waals surface area (Å²) < 4.78 is 0. The van der Waals surface area contributed by atoms with Gasteiger partial charge in [0.15, 0.2) is 6.29 Å². The lowest BCUT2D eigenvalue weighted by Crippen LogP contribution is -1.99.